The van der Waals surface area contributed by atoms with Gasteiger partial charge in [-0.2, -0.15) is 0 Å². The normalized spacial score (nSPS) is 13.5. The molecule has 0 aromatic heterocycles. The molecule has 0 unspecified atom stereocenters. The zero-order valence-electron chi connectivity index (χ0n) is 30.2. The van der Waals surface area contributed by atoms with Crippen molar-refractivity contribution >= 4 is 29.7 Å². The Bertz CT molecular complexity index is 2320. The predicted molar refractivity (Wildman–Crippen MR) is 237 cm³/mol. The van der Waals surface area contributed by atoms with E-state index in [1.54, 1.807) is 0 Å². The van der Waals surface area contributed by atoms with Crippen LogP contribution in [0.15, 0.2) is 206 Å². The molecule has 0 spiro atoms. The second-order valence-electron chi connectivity index (χ2n) is 13.8. The van der Waals surface area contributed by atoms with Crippen molar-refractivity contribution in [1.82, 2.24) is 0 Å². The van der Waals surface area contributed by atoms with Gasteiger partial charge in [0.1, 0.15) is 0 Å². The Hall–Kier alpha value is -6.03. The molecule has 1 heterocycles. The van der Waals surface area contributed by atoms with Crippen molar-refractivity contribution in [1.29, 1.82) is 0 Å². The van der Waals surface area contributed by atoms with E-state index in [9.17, 15) is 4.89 Å². The fourth-order valence-corrected chi connectivity index (χ4v) is 10.7. The van der Waals surface area contributed by atoms with Gasteiger partial charge in [-0.25, -0.2) is 0 Å². The van der Waals surface area contributed by atoms with E-state index >= 15 is 0 Å². The number of benzene rings is 8. The van der Waals surface area contributed by atoms with Crippen molar-refractivity contribution in [2.75, 3.05) is 22.4 Å². The lowest BCUT2D eigenvalue weighted by Crippen LogP contribution is -2.20. The van der Waals surface area contributed by atoms with E-state index in [1.807, 2.05) is 24.3 Å². The fraction of sp³-hybridized carbons (Fsp3) is 0.0400. The minimum atomic E-state index is -3.47. The van der Waals surface area contributed by atoms with Crippen molar-refractivity contribution in [2.24, 2.45) is 0 Å². The van der Waals surface area contributed by atoms with Crippen LogP contribution >= 0.6 is 6.57 Å². The van der Waals surface area contributed by atoms with Gasteiger partial charge in [-0.15, -0.1) is 0 Å². The van der Waals surface area contributed by atoms with Crippen LogP contribution < -0.4 is 9.34 Å². The zero-order valence-corrected chi connectivity index (χ0v) is 32.0. The molecule has 0 bridgehead atoms. The Labute approximate surface area is 328 Å². The predicted octanol–water partition coefficient (Wildman–Crippen LogP) is 13.2. The zero-order chi connectivity index (χ0) is 37.2. The maximum absolute atomic E-state index is 13.3. The molecule has 1 aliphatic rings. The van der Waals surface area contributed by atoms with Gasteiger partial charge in [0.05, 0.1) is 11.4 Å². The highest BCUT2D eigenvalue weighted by Crippen LogP contribution is 2.63. The van der Waals surface area contributed by atoms with E-state index in [4.69, 9.17) is 11.8 Å². The summed E-state index contributed by atoms with van der Waals surface area (Å²) in [6, 6.07) is 72.1. The Morgan fingerprint density at radius 1 is 0.327 bits per heavy atom. The lowest BCUT2D eigenvalue weighted by molar-refractivity contribution is 0.621. The molecule has 266 valence electrons. The van der Waals surface area contributed by atoms with E-state index in [0.29, 0.717) is 13.1 Å². The smallest absolute Gasteiger partial charge is 0.251 e. The van der Waals surface area contributed by atoms with Crippen LogP contribution in [-0.4, -0.2) is 18.0 Å². The number of rotatable bonds is 8. The van der Waals surface area contributed by atoms with Crippen molar-refractivity contribution in [3.8, 4) is 66.8 Å². The van der Waals surface area contributed by atoms with Crippen molar-refractivity contribution in [3.63, 3.8) is 0 Å². The maximum atomic E-state index is 13.3. The van der Waals surface area contributed by atoms with Gasteiger partial charge < -0.3 is 14.2 Å². The standard InChI is InChI=1S/C50H39N2OPS/c53-54(55)51(49-45(39-23-11-3-12-24-39)33-43(37-19-7-1-8-20-37)34-46(49)40-25-13-4-14-26-40)31-32-52(54)50-47(41-27-15-5-16-28-41)35-44(38-21-9-2-10-22-38)36-48(50)42-29-17-6-18-30-42/h1-30,33-36H,31-32H2,(H,53,55). The van der Waals surface area contributed by atoms with Gasteiger partial charge in [0.25, 0.3) is 6.57 Å². The fourth-order valence-electron chi connectivity index (χ4n) is 7.84. The summed E-state index contributed by atoms with van der Waals surface area (Å²) in [7, 11) is 0. The van der Waals surface area contributed by atoms with Gasteiger partial charge in [-0.1, -0.05) is 182 Å². The second kappa shape index (κ2) is 15.0. The molecular formula is C50H39N2OPS. The Kier molecular flexibility index (Phi) is 9.47. The summed E-state index contributed by atoms with van der Waals surface area (Å²) in [5, 5.41) is 0. The van der Waals surface area contributed by atoms with Crippen molar-refractivity contribution in [3.05, 3.63) is 206 Å². The molecule has 55 heavy (non-hydrogen) atoms. The number of hydrogen-bond donors (Lipinski definition) is 1. The number of hydrogen-bond acceptors (Lipinski definition) is 1. The first-order valence-electron chi connectivity index (χ1n) is 18.6. The highest BCUT2D eigenvalue weighted by atomic mass is 32.5. The number of nitrogens with zero attached hydrogens (tertiary/aromatic N) is 2. The average Bonchev–Trinajstić information content (AvgIpc) is 3.57. The molecule has 0 amide bonds. The quantitative estimate of drug-likeness (QED) is 0.157. The largest absolute Gasteiger partial charge is 0.334 e. The molecule has 0 atom stereocenters. The first kappa shape index (κ1) is 34.7. The van der Waals surface area contributed by atoms with Crippen molar-refractivity contribution < 1.29 is 4.89 Å². The lowest BCUT2D eigenvalue weighted by Gasteiger charge is -2.36. The molecular weight excluding hydrogens is 708 g/mol. The molecule has 8 aromatic rings. The highest BCUT2D eigenvalue weighted by molar-refractivity contribution is 8.13. The molecule has 1 N–H and O–H groups in total. The van der Waals surface area contributed by atoms with Gasteiger partial charge in [0.2, 0.25) is 0 Å². The first-order valence-corrected chi connectivity index (χ1v) is 21.3. The first-order chi connectivity index (χ1) is 27.1. The second-order valence-corrected chi connectivity index (χ2v) is 17.3. The Morgan fingerprint density at radius 2 is 0.545 bits per heavy atom. The lowest BCUT2D eigenvalue weighted by atomic mass is 9.90. The summed E-state index contributed by atoms with van der Waals surface area (Å²) < 4.78 is 4.30. The van der Waals surface area contributed by atoms with Gasteiger partial charge >= 0.3 is 0 Å². The van der Waals surface area contributed by atoms with E-state index in [2.05, 4.69) is 191 Å². The van der Waals surface area contributed by atoms with Crippen LogP contribution in [0.2, 0.25) is 0 Å². The van der Waals surface area contributed by atoms with Crippen LogP contribution in [0, 0.1) is 0 Å². The summed E-state index contributed by atoms with van der Waals surface area (Å²) in [5.41, 5.74) is 14.8. The third-order valence-electron chi connectivity index (χ3n) is 10.4. The Morgan fingerprint density at radius 3 is 0.782 bits per heavy atom. The van der Waals surface area contributed by atoms with Crippen LogP contribution in [0.4, 0.5) is 11.4 Å². The average molecular weight is 747 g/mol. The molecule has 1 aliphatic heterocycles. The molecule has 9 rings (SSSR count). The van der Waals surface area contributed by atoms with E-state index < -0.39 is 6.57 Å². The van der Waals surface area contributed by atoms with Crippen LogP contribution in [-0.2, 0) is 11.8 Å². The van der Waals surface area contributed by atoms with E-state index in [1.165, 1.54) is 0 Å². The molecule has 1 fully saturated rings. The molecule has 0 aliphatic carbocycles. The highest BCUT2D eigenvalue weighted by Gasteiger charge is 2.42. The van der Waals surface area contributed by atoms with Crippen LogP contribution in [0.5, 0.6) is 0 Å². The Balaban J connectivity index is 1.29. The summed E-state index contributed by atoms with van der Waals surface area (Å²) >= 11 is 6.62. The van der Waals surface area contributed by atoms with Gasteiger partial charge in [0, 0.05) is 35.3 Å². The van der Waals surface area contributed by atoms with Crippen molar-refractivity contribution in [2.45, 2.75) is 0 Å². The number of anilines is 2. The maximum Gasteiger partial charge on any atom is 0.251 e. The molecule has 5 heteroatoms. The van der Waals surface area contributed by atoms with E-state index in [0.717, 1.165) is 78.1 Å². The summed E-state index contributed by atoms with van der Waals surface area (Å²) in [5.74, 6) is 0. The minimum Gasteiger partial charge on any atom is -0.334 e. The SMILES string of the molecule is OP1(=S)N(c2c(-c3ccccc3)cc(-c3ccccc3)cc2-c2ccccc2)CCN1c1c(-c2ccccc2)cc(-c2ccccc2)cc1-c1ccccc1. The third-order valence-corrected chi connectivity index (χ3v) is 13.7. The third kappa shape index (κ3) is 6.70. The molecule has 0 radical (unpaired) electrons. The molecule has 8 aromatic carbocycles. The van der Waals surface area contributed by atoms with Crippen LogP contribution in [0.3, 0.4) is 0 Å². The monoisotopic (exact) mass is 746 g/mol. The molecule has 3 nitrogen and oxygen atoms in total. The van der Waals surface area contributed by atoms with Crippen LogP contribution in [0.1, 0.15) is 0 Å². The summed E-state index contributed by atoms with van der Waals surface area (Å²) in [4.78, 5) is 13.3. The van der Waals surface area contributed by atoms with Gasteiger partial charge in [-0.05, 0) is 80.6 Å². The summed E-state index contributed by atoms with van der Waals surface area (Å²) in [6.45, 7) is -2.36. The van der Waals surface area contributed by atoms with E-state index in [-0.39, 0.29) is 0 Å². The minimum absolute atomic E-state index is 0.557. The topological polar surface area (TPSA) is 26.7 Å². The van der Waals surface area contributed by atoms with Gasteiger partial charge in [0.15, 0.2) is 0 Å². The molecule has 1 saturated heterocycles. The summed E-state index contributed by atoms with van der Waals surface area (Å²) in [6.07, 6.45) is 0. The van der Waals surface area contributed by atoms with Gasteiger partial charge in [-0.3, -0.25) is 0 Å². The molecule has 0 saturated carbocycles. The van der Waals surface area contributed by atoms with Crippen LogP contribution in [0.25, 0.3) is 66.8 Å².